The second-order valence-corrected chi connectivity index (χ2v) is 5.57. The molecule has 0 saturated heterocycles. The summed E-state index contributed by atoms with van der Waals surface area (Å²) in [7, 11) is 0. The third-order valence-electron chi connectivity index (χ3n) is 3.74. The smallest absolute Gasteiger partial charge is 0.159 e. The molecule has 0 aliphatic rings. The van der Waals surface area contributed by atoms with Gasteiger partial charge in [0, 0.05) is 5.56 Å². The molecule has 114 valence electrons. The molecular formula is C21H18O2. The van der Waals surface area contributed by atoms with Gasteiger partial charge in [-0.05, 0) is 49.2 Å². The van der Waals surface area contributed by atoms with Crippen molar-refractivity contribution in [1.82, 2.24) is 0 Å². The Kier molecular flexibility index (Phi) is 4.24. The maximum Gasteiger partial charge on any atom is 0.159 e. The lowest BCUT2D eigenvalue weighted by Crippen LogP contribution is -1.90. The van der Waals surface area contributed by atoms with Gasteiger partial charge in [-0.2, -0.15) is 0 Å². The van der Waals surface area contributed by atoms with E-state index in [0.29, 0.717) is 0 Å². The zero-order valence-electron chi connectivity index (χ0n) is 13.2. The fourth-order valence-electron chi connectivity index (χ4n) is 2.36. The molecule has 23 heavy (non-hydrogen) atoms. The monoisotopic (exact) mass is 302 g/mol. The Morgan fingerprint density at radius 2 is 1.13 bits per heavy atom. The summed E-state index contributed by atoms with van der Waals surface area (Å²) in [6.07, 6.45) is 0. The molecule has 3 aromatic rings. The number of carbonyl (C=O) groups is 1. The average Bonchev–Trinajstić information content (AvgIpc) is 2.58. The molecule has 0 heterocycles. The quantitative estimate of drug-likeness (QED) is 0.581. The molecule has 0 radical (unpaired) electrons. The van der Waals surface area contributed by atoms with Crippen LogP contribution in [0.25, 0.3) is 11.1 Å². The molecule has 0 spiro atoms. The summed E-state index contributed by atoms with van der Waals surface area (Å²) in [5.74, 6) is 1.71. The molecular weight excluding hydrogens is 284 g/mol. The first-order valence-electron chi connectivity index (χ1n) is 7.58. The highest BCUT2D eigenvalue weighted by Gasteiger charge is 2.02. The van der Waals surface area contributed by atoms with Crippen LogP contribution in [0, 0.1) is 6.92 Å². The van der Waals surface area contributed by atoms with Crippen LogP contribution in [-0.2, 0) is 0 Å². The number of ketones is 1. The number of ether oxygens (including phenoxy) is 1. The lowest BCUT2D eigenvalue weighted by atomic mass is 10.0. The van der Waals surface area contributed by atoms with Crippen LogP contribution in [0.1, 0.15) is 22.8 Å². The van der Waals surface area contributed by atoms with Gasteiger partial charge < -0.3 is 4.74 Å². The molecule has 0 atom stereocenters. The van der Waals surface area contributed by atoms with Gasteiger partial charge in [0.2, 0.25) is 0 Å². The standard InChI is InChI=1S/C21H18O2/c1-15-3-11-20(12-4-15)23-21-13-9-19(10-14-21)18-7-5-17(6-8-18)16(2)22/h3-14H,1-2H3. The minimum Gasteiger partial charge on any atom is -0.457 e. The predicted molar refractivity (Wildman–Crippen MR) is 93.1 cm³/mol. The number of carbonyl (C=O) groups excluding carboxylic acids is 1. The Bertz CT molecular complexity index is 798. The van der Waals surface area contributed by atoms with E-state index in [9.17, 15) is 4.79 Å². The first kappa shape index (κ1) is 15.0. The SMILES string of the molecule is CC(=O)c1ccc(-c2ccc(Oc3ccc(C)cc3)cc2)cc1. The number of rotatable bonds is 4. The topological polar surface area (TPSA) is 26.3 Å². The summed E-state index contributed by atoms with van der Waals surface area (Å²) in [4.78, 5) is 11.3. The van der Waals surface area contributed by atoms with Crippen LogP contribution in [0.5, 0.6) is 11.5 Å². The van der Waals surface area contributed by atoms with Crippen LogP contribution in [0.2, 0.25) is 0 Å². The molecule has 0 fully saturated rings. The summed E-state index contributed by atoms with van der Waals surface area (Å²) in [5.41, 5.74) is 4.11. The van der Waals surface area contributed by atoms with E-state index in [1.54, 1.807) is 6.92 Å². The van der Waals surface area contributed by atoms with Crippen LogP contribution in [0.15, 0.2) is 72.8 Å². The van der Waals surface area contributed by atoms with Gasteiger partial charge in [-0.25, -0.2) is 0 Å². The zero-order chi connectivity index (χ0) is 16.2. The number of Topliss-reactive ketones (excluding diaryl/α,β-unsaturated/α-hetero) is 1. The van der Waals surface area contributed by atoms with Crippen molar-refractivity contribution in [1.29, 1.82) is 0 Å². The summed E-state index contributed by atoms with van der Waals surface area (Å²) < 4.78 is 5.83. The van der Waals surface area contributed by atoms with Crippen LogP contribution >= 0.6 is 0 Å². The van der Waals surface area contributed by atoms with Crippen LogP contribution < -0.4 is 4.74 Å². The molecule has 3 aromatic carbocycles. The van der Waals surface area contributed by atoms with Crippen molar-refractivity contribution in [2.45, 2.75) is 13.8 Å². The van der Waals surface area contributed by atoms with E-state index in [0.717, 1.165) is 28.2 Å². The number of aryl methyl sites for hydroxylation is 1. The second-order valence-electron chi connectivity index (χ2n) is 5.57. The number of hydrogen-bond donors (Lipinski definition) is 0. The Morgan fingerprint density at radius 1 is 0.696 bits per heavy atom. The van der Waals surface area contributed by atoms with Gasteiger partial charge in [0.1, 0.15) is 11.5 Å². The van der Waals surface area contributed by atoms with E-state index in [-0.39, 0.29) is 5.78 Å². The molecule has 0 N–H and O–H groups in total. The summed E-state index contributed by atoms with van der Waals surface area (Å²) >= 11 is 0. The van der Waals surface area contributed by atoms with E-state index in [1.165, 1.54) is 5.56 Å². The molecule has 0 aliphatic heterocycles. The minimum absolute atomic E-state index is 0.0818. The minimum atomic E-state index is 0.0818. The fraction of sp³-hybridized carbons (Fsp3) is 0.0952. The fourth-order valence-corrected chi connectivity index (χ4v) is 2.36. The Balaban J connectivity index is 1.76. The van der Waals surface area contributed by atoms with Gasteiger partial charge in [-0.15, -0.1) is 0 Å². The van der Waals surface area contributed by atoms with Crippen molar-refractivity contribution in [2.75, 3.05) is 0 Å². The summed E-state index contributed by atoms with van der Waals surface area (Å²) in [5, 5.41) is 0. The van der Waals surface area contributed by atoms with E-state index < -0.39 is 0 Å². The van der Waals surface area contributed by atoms with Crippen molar-refractivity contribution in [2.24, 2.45) is 0 Å². The van der Waals surface area contributed by atoms with E-state index in [2.05, 4.69) is 6.92 Å². The maximum absolute atomic E-state index is 11.3. The summed E-state index contributed by atoms with van der Waals surface area (Å²) in [6, 6.07) is 23.6. The normalized spacial score (nSPS) is 10.3. The largest absolute Gasteiger partial charge is 0.457 e. The highest BCUT2D eigenvalue weighted by Crippen LogP contribution is 2.26. The Morgan fingerprint density at radius 3 is 1.61 bits per heavy atom. The van der Waals surface area contributed by atoms with Crippen LogP contribution in [0.4, 0.5) is 0 Å². The number of benzene rings is 3. The average molecular weight is 302 g/mol. The van der Waals surface area contributed by atoms with Gasteiger partial charge >= 0.3 is 0 Å². The number of hydrogen-bond acceptors (Lipinski definition) is 2. The van der Waals surface area contributed by atoms with Gasteiger partial charge in [0.15, 0.2) is 5.78 Å². The molecule has 2 nitrogen and oxygen atoms in total. The summed E-state index contributed by atoms with van der Waals surface area (Å²) in [6.45, 7) is 3.63. The third kappa shape index (κ3) is 3.67. The highest BCUT2D eigenvalue weighted by atomic mass is 16.5. The molecule has 0 aromatic heterocycles. The van der Waals surface area contributed by atoms with Gasteiger partial charge in [-0.1, -0.05) is 54.1 Å². The Hall–Kier alpha value is -2.87. The molecule has 0 bridgehead atoms. The van der Waals surface area contributed by atoms with Crippen LogP contribution in [-0.4, -0.2) is 5.78 Å². The van der Waals surface area contributed by atoms with Crippen molar-refractivity contribution in [3.05, 3.63) is 83.9 Å². The lowest BCUT2D eigenvalue weighted by Gasteiger charge is -2.08. The molecule has 0 saturated carbocycles. The van der Waals surface area contributed by atoms with Crippen molar-refractivity contribution in [3.63, 3.8) is 0 Å². The predicted octanol–water partition coefficient (Wildman–Crippen LogP) is 5.66. The molecule has 2 heteroatoms. The van der Waals surface area contributed by atoms with E-state index in [4.69, 9.17) is 4.74 Å². The maximum atomic E-state index is 11.3. The molecule has 0 aliphatic carbocycles. The third-order valence-corrected chi connectivity index (χ3v) is 3.74. The highest BCUT2D eigenvalue weighted by molar-refractivity contribution is 5.94. The van der Waals surface area contributed by atoms with Crippen molar-refractivity contribution >= 4 is 5.78 Å². The zero-order valence-corrected chi connectivity index (χ0v) is 13.2. The van der Waals surface area contributed by atoms with Crippen LogP contribution in [0.3, 0.4) is 0 Å². The van der Waals surface area contributed by atoms with E-state index in [1.807, 2.05) is 72.8 Å². The first-order valence-corrected chi connectivity index (χ1v) is 7.58. The van der Waals surface area contributed by atoms with E-state index >= 15 is 0 Å². The second kappa shape index (κ2) is 6.49. The van der Waals surface area contributed by atoms with Gasteiger partial charge in [0.05, 0.1) is 0 Å². The van der Waals surface area contributed by atoms with Crippen molar-refractivity contribution < 1.29 is 9.53 Å². The molecule has 0 amide bonds. The van der Waals surface area contributed by atoms with Gasteiger partial charge in [-0.3, -0.25) is 4.79 Å². The molecule has 3 rings (SSSR count). The first-order chi connectivity index (χ1) is 11.1. The van der Waals surface area contributed by atoms with Crippen molar-refractivity contribution in [3.8, 4) is 22.6 Å². The lowest BCUT2D eigenvalue weighted by molar-refractivity contribution is 0.101. The van der Waals surface area contributed by atoms with Gasteiger partial charge in [0.25, 0.3) is 0 Å². The Labute approximate surface area is 136 Å². The molecule has 0 unspecified atom stereocenters.